The maximum absolute atomic E-state index is 5.19. The lowest BCUT2D eigenvalue weighted by Crippen LogP contribution is -2.06. The Hall–Kier alpha value is -6.63. The van der Waals surface area contributed by atoms with E-state index < -0.39 is 0 Å². The number of hydrogen-bond donors (Lipinski definition) is 0. The van der Waals surface area contributed by atoms with Crippen LogP contribution in [-0.4, -0.2) is 24.1 Å². The third kappa shape index (κ3) is 4.24. The molecular weight excluding hydrogens is 643 g/mol. The smallest absolute Gasteiger partial charge is 0.238 e. The van der Waals surface area contributed by atoms with Crippen LogP contribution in [0.15, 0.2) is 164 Å². The van der Waals surface area contributed by atoms with Crippen molar-refractivity contribution in [2.75, 3.05) is 0 Å². The Kier molecular flexibility index (Phi) is 6.05. The molecule has 0 unspecified atom stereocenters. The van der Waals surface area contributed by atoms with Gasteiger partial charge in [0, 0.05) is 53.8 Å². The molecule has 7 aromatic carbocycles. The van der Waals surface area contributed by atoms with Crippen LogP contribution in [0.5, 0.6) is 0 Å². The number of benzene rings is 7. The molecule has 11 rings (SSSR count). The summed E-state index contributed by atoms with van der Waals surface area (Å²) in [6.07, 6.45) is 0. The molecule has 0 amide bonds. The van der Waals surface area contributed by atoms with Crippen LogP contribution in [0.1, 0.15) is 0 Å². The van der Waals surface area contributed by atoms with E-state index in [1.54, 1.807) is 0 Å². The van der Waals surface area contributed by atoms with Gasteiger partial charge in [-0.15, -0.1) is 11.3 Å². The van der Waals surface area contributed by atoms with Crippen molar-refractivity contribution < 1.29 is 0 Å². The SMILES string of the molecule is c1ccc(-c2nc(-c3ccccc3)nc(-n3c4ccccc4c4ccc5c6cc7c8ccccc8n(-c8ccccc8)c7cc6sc5c43)n2)cc1. The Labute approximate surface area is 296 Å². The summed E-state index contributed by atoms with van der Waals surface area (Å²) in [4.78, 5) is 15.4. The summed E-state index contributed by atoms with van der Waals surface area (Å²) in [6.45, 7) is 0. The van der Waals surface area contributed by atoms with Crippen LogP contribution in [-0.2, 0) is 0 Å². The van der Waals surface area contributed by atoms with E-state index in [1.807, 2.05) is 47.7 Å². The van der Waals surface area contributed by atoms with Crippen molar-refractivity contribution in [3.63, 3.8) is 0 Å². The van der Waals surface area contributed by atoms with Crippen molar-refractivity contribution in [2.45, 2.75) is 0 Å². The van der Waals surface area contributed by atoms with Crippen LogP contribution >= 0.6 is 11.3 Å². The quantitative estimate of drug-likeness (QED) is 0.187. The van der Waals surface area contributed by atoms with Gasteiger partial charge in [-0.3, -0.25) is 4.57 Å². The first-order valence-corrected chi connectivity index (χ1v) is 17.9. The Balaban J connectivity index is 1.25. The second kappa shape index (κ2) is 10.9. The third-order valence-electron chi connectivity index (χ3n) is 9.97. The predicted octanol–water partition coefficient (Wildman–Crippen LogP) is 11.8. The monoisotopic (exact) mass is 669 g/mol. The molecule has 0 saturated heterocycles. The van der Waals surface area contributed by atoms with Crippen molar-refractivity contribution in [3.8, 4) is 34.4 Å². The topological polar surface area (TPSA) is 48.5 Å². The van der Waals surface area contributed by atoms with Crippen LogP contribution < -0.4 is 0 Å². The summed E-state index contributed by atoms with van der Waals surface area (Å²) in [6, 6.07) is 57.7. The molecule has 0 fully saturated rings. The maximum atomic E-state index is 5.19. The van der Waals surface area contributed by atoms with E-state index in [0.717, 1.165) is 27.8 Å². The van der Waals surface area contributed by atoms with Crippen molar-refractivity contribution >= 4 is 75.1 Å². The molecule has 11 aromatic rings. The second-order valence-corrected chi connectivity index (χ2v) is 13.9. The van der Waals surface area contributed by atoms with E-state index in [2.05, 4.69) is 137 Å². The zero-order chi connectivity index (χ0) is 33.5. The summed E-state index contributed by atoms with van der Waals surface area (Å²) in [7, 11) is 0. The molecular formula is C45H27N5S. The summed E-state index contributed by atoms with van der Waals surface area (Å²) >= 11 is 1.84. The largest absolute Gasteiger partial charge is 0.309 e. The standard InChI is InChI=1S/C45H27N5S/c1-4-14-28(15-5-1)43-46-44(29-16-6-2-7-17-29)48-45(47-43)50-38-23-13-10-20-31(38)33-24-25-34-36-26-35-32-21-11-12-22-37(32)49(30-18-8-3-9-19-30)39(35)27-40(36)51-42(34)41(33)50/h1-27H. The highest BCUT2D eigenvalue weighted by molar-refractivity contribution is 7.26. The summed E-state index contributed by atoms with van der Waals surface area (Å²) < 4.78 is 7.10. The minimum Gasteiger partial charge on any atom is -0.309 e. The van der Waals surface area contributed by atoms with Crippen molar-refractivity contribution in [3.05, 3.63) is 164 Å². The Bertz CT molecular complexity index is 3060. The van der Waals surface area contributed by atoms with Crippen LogP contribution in [0.4, 0.5) is 0 Å². The Morgan fingerprint density at radius 3 is 1.61 bits per heavy atom. The normalized spacial score (nSPS) is 11.9. The number of fused-ring (bicyclic) bond motifs is 10. The minimum atomic E-state index is 0.602. The number of nitrogens with zero attached hydrogens (tertiary/aromatic N) is 5. The first kappa shape index (κ1) is 28.2. The first-order valence-electron chi connectivity index (χ1n) is 17.0. The second-order valence-electron chi connectivity index (χ2n) is 12.9. The number of thiophene rings is 1. The first-order chi connectivity index (χ1) is 25.3. The number of aromatic nitrogens is 5. The molecule has 0 spiro atoms. The van der Waals surface area contributed by atoms with E-state index in [4.69, 9.17) is 15.0 Å². The molecule has 4 heterocycles. The molecule has 0 N–H and O–H groups in total. The van der Waals surface area contributed by atoms with Gasteiger partial charge in [-0.1, -0.05) is 127 Å². The van der Waals surface area contributed by atoms with Crippen LogP contribution in [0.2, 0.25) is 0 Å². The van der Waals surface area contributed by atoms with Crippen LogP contribution in [0.3, 0.4) is 0 Å². The van der Waals surface area contributed by atoms with E-state index in [9.17, 15) is 0 Å². The van der Waals surface area contributed by atoms with Gasteiger partial charge in [-0.05, 0) is 36.4 Å². The van der Waals surface area contributed by atoms with Crippen molar-refractivity contribution in [2.24, 2.45) is 0 Å². The maximum Gasteiger partial charge on any atom is 0.238 e. The van der Waals surface area contributed by atoms with Gasteiger partial charge in [0.1, 0.15) is 0 Å². The Morgan fingerprint density at radius 2 is 0.941 bits per heavy atom. The molecule has 238 valence electrons. The third-order valence-corrected chi connectivity index (χ3v) is 11.1. The van der Waals surface area contributed by atoms with Gasteiger partial charge in [-0.25, -0.2) is 4.98 Å². The van der Waals surface area contributed by atoms with E-state index in [0.29, 0.717) is 17.6 Å². The summed E-state index contributed by atoms with van der Waals surface area (Å²) in [5.74, 6) is 1.89. The number of hydrogen-bond acceptors (Lipinski definition) is 4. The van der Waals surface area contributed by atoms with E-state index in [1.165, 1.54) is 52.8 Å². The average Bonchev–Trinajstić information content (AvgIpc) is 3.85. The van der Waals surface area contributed by atoms with Gasteiger partial charge in [0.2, 0.25) is 5.95 Å². The average molecular weight is 670 g/mol. The summed E-state index contributed by atoms with van der Waals surface area (Å²) in [5, 5.41) is 7.32. The molecule has 4 aromatic heterocycles. The molecule has 0 saturated carbocycles. The minimum absolute atomic E-state index is 0.602. The zero-order valence-electron chi connectivity index (χ0n) is 27.2. The molecule has 0 radical (unpaired) electrons. The van der Waals surface area contributed by atoms with Crippen LogP contribution in [0, 0.1) is 0 Å². The molecule has 51 heavy (non-hydrogen) atoms. The van der Waals surface area contributed by atoms with Crippen molar-refractivity contribution in [1.29, 1.82) is 0 Å². The molecule has 0 aliphatic carbocycles. The highest BCUT2D eigenvalue weighted by atomic mass is 32.1. The summed E-state index contributed by atoms with van der Waals surface area (Å²) in [5.41, 5.74) is 7.64. The number of para-hydroxylation sites is 3. The number of rotatable bonds is 4. The van der Waals surface area contributed by atoms with Gasteiger partial charge in [0.05, 0.1) is 26.8 Å². The fourth-order valence-corrected chi connectivity index (χ4v) is 8.96. The molecule has 0 bridgehead atoms. The highest BCUT2D eigenvalue weighted by Gasteiger charge is 2.22. The highest BCUT2D eigenvalue weighted by Crippen LogP contribution is 2.45. The zero-order valence-corrected chi connectivity index (χ0v) is 28.0. The van der Waals surface area contributed by atoms with Gasteiger partial charge >= 0.3 is 0 Å². The lowest BCUT2D eigenvalue weighted by atomic mass is 10.1. The molecule has 5 nitrogen and oxygen atoms in total. The van der Waals surface area contributed by atoms with Gasteiger partial charge in [0.25, 0.3) is 0 Å². The predicted molar refractivity (Wildman–Crippen MR) is 212 cm³/mol. The molecule has 6 heteroatoms. The fraction of sp³-hybridized carbons (Fsp3) is 0. The molecule has 0 aliphatic heterocycles. The van der Waals surface area contributed by atoms with Crippen LogP contribution in [0.25, 0.3) is 98.2 Å². The van der Waals surface area contributed by atoms with E-state index in [-0.39, 0.29) is 0 Å². The van der Waals surface area contributed by atoms with Gasteiger partial charge in [0.15, 0.2) is 11.6 Å². The molecule has 0 aliphatic rings. The van der Waals surface area contributed by atoms with Gasteiger partial charge < -0.3 is 4.57 Å². The fourth-order valence-electron chi connectivity index (χ4n) is 7.70. The lowest BCUT2D eigenvalue weighted by Gasteiger charge is -2.11. The van der Waals surface area contributed by atoms with Gasteiger partial charge in [-0.2, -0.15) is 9.97 Å². The van der Waals surface area contributed by atoms with E-state index >= 15 is 0 Å². The lowest BCUT2D eigenvalue weighted by molar-refractivity contribution is 0.955. The van der Waals surface area contributed by atoms with Crippen molar-refractivity contribution in [1.82, 2.24) is 24.1 Å². The Morgan fingerprint density at radius 1 is 0.392 bits per heavy atom. The molecule has 0 atom stereocenters.